The second kappa shape index (κ2) is 5.43. The number of amides is 1. The van der Waals surface area contributed by atoms with Gasteiger partial charge in [0.15, 0.2) is 9.84 Å². The summed E-state index contributed by atoms with van der Waals surface area (Å²) < 4.78 is 25.0. The van der Waals surface area contributed by atoms with Gasteiger partial charge in [0.1, 0.15) is 0 Å². The number of hydrogen-bond acceptors (Lipinski definition) is 3. The summed E-state index contributed by atoms with van der Waals surface area (Å²) in [5.41, 5.74) is 1.66. The number of nitrogens with zero attached hydrogens (tertiary/aromatic N) is 1. The van der Waals surface area contributed by atoms with Gasteiger partial charge >= 0.3 is 0 Å². The summed E-state index contributed by atoms with van der Waals surface area (Å²) in [5.74, 6) is 0.000141. The zero-order valence-corrected chi connectivity index (χ0v) is 13.6. The quantitative estimate of drug-likeness (QED) is 0.942. The van der Waals surface area contributed by atoms with Gasteiger partial charge in [0, 0.05) is 34.7 Å². The van der Waals surface area contributed by atoms with E-state index >= 15 is 0 Å². The fraction of sp³-hybridized carbons (Fsp3) is 0.438. The van der Waals surface area contributed by atoms with Gasteiger partial charge in [0.05, 0.1) is 11.5 Å². The van der Waals surface area contributed by atoms with E-state index in [1.165, 1.54) is 0 Å². The number of aromatic nitrogens is 1. The first-order valence-corrected chi connectivity index (χ1v) is 9.30. The van der Waals surface area contributed by atoms with E-state index in [1.54, 1.807) is 6.07 Å². The lowest BCUT2D eigenvalue weighted by Gasteiger charge is -2.12. The molecule has 1 saturated heterocycles. The fourth-order valence-corrected chi connectivity index (χ4v) is 4.61. The van der Waals surface area contributed by atoms with Gasteiger partial charge in [-0.3, -0.25) is 4.79 Å². The minimum Gasteiger partial charge on any atom is -0.348 e. The molecule has 1 aromatic heterocycles. The predicted molar refractivity (Wildman–Crippen MR) is 86.8 cm³/mol. The molecule has 5 nitrogen and oxygen atoms in total. The van der Waals surface area contributed by atoms with Crippen LogP contribution in [0.4, 0.5) is 0 Å². The standard InChI is InChI=1S/C16H20N2O3S/c1-11(2)18-7-5-12-9-13(3-4-15(12)18)16(19)17-14-6-8-22(20,21)10-14/h3-5,7,9,11,14H,6,8,10H2,1-2H3,(H,17,19)/t14-/m0/s1. The highest BCUT2D eigenvalue weighted by molar-refractivity contribution is 7.91. The number of sulfone groups is 1. The summed E-state index contributed by atoms with van der Waals surface area (Å²) >= 11 is 0. The van der Waals surface area contributed by atoms with Crippen molar-refractivity contribution in [3.63, 3.8) is 0 Å². The largest absolute Gasteiger partial charge is 0.348 e. The highest BCUT2D eigenvalue weighted by atomic mass is 32.2. The van der Waals surface area contributed by atoms with E-state index in [2.05, 4.69) is 23.7 Å². The van der Waals surface area contributed by atoms with Crippen LogP contribution in [0.15, 0.2) is 30.5 Å². The molecule has 1 aliphatic rings. The van der Waals surface area contributed by atoms with Crippen molar-refractivity contribution in [1.29, 1.82) is 0 Å². The van der Waals surface area contributed by atoms with Crippen LogP contribution >= 0.6 is 0 Å². The van der Waals surface area contributed by atoms with E-state index in [0.717, 1.165) is 10.9 Å². The molecule has 1 aromatic carbocycles. The Balaban J connectivity index is 1.80. The van der Waals surface area contributed by atoms with E-state index in [1.807, 2.05) is 24.4 Å². The van der Waals surface area contributed by atoms with Gasteiger partial charge in [0.2, 0.25) is 0 Å². The summed E-state index contributed by atoms with van der Waals surface area (Å²) in [7, 11) is -2.98. The number of carbonyl (C=O) groups excluding carboxylic acids is 1. The normalized spacial score (nSPS) is 20.6. The lowest BCUT2D eigenvalue weighted by Crippen LogP contribution is -2.35. The van der Waals surface area contributed by atoms with E-state index in [-0.39, 0.29) is 23.5 Å². The zero-order valence-electron chi connectivity index (χ0n) is 12.7. The Bertz CT molecular complexity index is 821. The molecule has 0 bridgehead atoms. The van der Waals surface area contributed by atoms with E-state index < -0.39 is 9.84 Å². The van der Waals surface area contributed by atoms with Crippen molar-refractivity contribution in [3.05, 3.63) is 36.0 Å². The molecule has 0 unspecified atom stereocenters. The summed E-state index contributed by atoms with van der Waals surface area (Å²) in [6.45, 7) is 4.22. The number of nitrogens with one attached hydrogen (secondary N) is 1. The highest BCUT2D eigenvalue weighted by Gasteiger charge is 2.29. The first-order chi connectivity index (χ1) is 10.4. The van der Waals surface area contributed by atoms with Gasteiger partial charge in [-0.1, -0.05) is 0 Å². The van der Waals surface area contributed by atoms with Crippen molar-refractivity contribution in [2.24, 2.45) is 0 Å². The van der Waals surface area contributed by atoms with Gasteiger partial charge in [-0.25, -0.2) is 8.42 Å². The van der Waals surface area contributed by atoms with Gasteiger partial charge in [-0.2, -0.15) is 0 Å². The molecule has 1 aliphatic heterocycles. The Morgan fingerprint density at radius 2 is 2.09 bits per heavy atom. The third-order valence-electron chi connectivity index (χ3n) is 4.11. The summed E-state index contributed by atoms with van der Waals surface area (Å²) in [6.07, 6.45) is 2.51. The molecule has 22 heavy (non-hydrogen) atoms. The average molecular weight is 320 g/mol. The van der Waals surface area contributed by atoms with Crippen LogP contribution in [0.25, 0.3) is 10.9 Å². The first-order valence-electron chi connectivity index (χ1n) is 7.47. The van der Waals surface area contributed by atoms with Crippen molar-refractivity contribution >= 4 is 26.6 Å². The lowest BCUT2D eigenvalue weighted by molar-refractivity contribution is 0.0941. The van der Waals surface area contributed by atoms with Gasteiger partial charge in [-0.05, 0) is 44.5 Å². The number of carbonyl (C=O) groups is 1. The average Bonchev–Trinajstić information content (AvgIpc) is 3.01. The van der Waals surface area contributed by atoms with Crippen LogP contribution in [-0.4, -0.2) is 36.4 Å². The number of benzene rings is 1. The second-order valence-electron chi connectivity index (χ2n) is 6.16. The highest BCUT2D eigenvalue weighted by Crippen LogP contribution is 2.21. The maximum absolute atomic E-state index is 12.3. The molecular formula is C16H20N2O3S. The molecule has 3 rings (SSSR count). The number of hydrogen-bond donors (Lipinski definition) is 1. The van der Waals surface area contributed by atoms with E-state index in [4.69, 9.17) is 0 Å². The van der Waals surface area contributed by atoms with Gasteiger partial charge < -0.3 is 9.88 Å². The minimum atomic E-state index is -2.98. The molecule has 1 N–H and O–H groups in total. The third-order valence-corrected chi connectivity index (χ3v) is 5.87. The molecule has 1 atom stereocenters. The van der Waals surface area contributed by atoms with Crippen LogP contribution in [0.2, 0.25) is 0 Å². The smallest absolute Gasteiger partial charge is 0.251 e. The summed E-state index contributed by atoms with van der Waals surface area (Å²) in [5, 5.41) is 3.83. The molecule has 0 spiro atoms. The molecule has 6 heteroatoms. The van der Waals surface area contributed by atoms with Gasteiger partial charge in [-0.15, -0.1) is 0 Å². The lowest BCUT2D eigenvalue weighted by atomic mass is 10.1. The second-order valence-corrected chi connectivity index (χ2v) is 8.39. The van der Waals surface area contributed by atoms with Gasteiger partial charge in [0.25, 0.3) is 5.91 Å². The van der Waals surface area contributed by atoms with E-state index in [9.17, 15) is 13.2 Å². The van der Waals surface area contributed by atoms with Crippen molar-refractivity contribution in [2.75, 3.05) is 11.5 Å². The Morgan fingerprint density at radius 1 is 1.32 bits per heavy atom. The Morgan fingerprint density at radius 3 is 2.73 bits per heavy atom. The van der Waals surface area contributed by atoms with Crippen molar-refractivity contribution < 1.29 is 13.2 Å². The molecule has 0 radical (unpaired) electrons. The molecule has 2 aromatic rings. The molecule has 118 valence electrons. The third kappa shape index (κ3) is 2.88. The zero-order chi connectivity index (χ0) is 15.9. The van der Waals surface area contributed by atoms with Crippen LogP contribution in [0.5, 0.6) is 0 Å². The van der Waals surface area contributed by atoms with Crippen LogP contribution in [-0.2, 0) is 9.84 Å². The number of rotatable bonds is 3. The SMILES string of the molecule is CC(C)n1ccc2cc(C(=O)N[C@H]3CCS(=O)(=O)C3)ccc21. The molecule has 0 aliphatic carbocycles. The molecule has 0 saturated carbocycles. The summed E-state index contributed by atoms with van der Waals surface area (Å²) in [6, 6.07) is 7.67. The molecular weight excluding hydrogens is 300 g/mol. The summed E-state index contributed by atoms with van der Waals surface area (Å²) in [4.78, 5) is 12.3. The Labute approximate surface area is 130 Å². The van der Waals surface area contributed by atoms with Crippen LogP contribution < -0.4 is 5.32 Å². The van der Waals surface area contributed by atoms with Crippen molar-refractivity contribution in [1.82, 2.24) is 9.88 Å². The maximum atomic E-state index is 12.3. The first kappa shape index (κ1) is 15.1. The Kier molecular flexibility index (Phi) is 3.72. The van der Waals surface area contributed by atoms with Crippen LogP contribution in [0.3, 0.4) is 0 Å². The van der Waals surface area contributed by atoms with Crippen LogP contribution in [0.1, 0.15) is 36.7 Å². The minimum absolute atomic E-state index is 0.0463. The van der Waals surface area contributed by atoms with Crippen molar-refractivity contribution in [2.45, 2.75) is 32.4 Å². The van der Waals surface area contributed by atoms with Crippen LogP contribution in [0, 0.1) is 0 Å². The Hall–Kier alpha value is -1.82. The molecule has 2 heterocycles. The monoisotopic (exact) mass is 320 g/mol. The topological polar surface area (TPSA) is 68.2 Å². The molecule has 1 amide bonds. The molecule has 1 fully saturated rings. The van der Waals surface area contributed by atoms with Crippen molar-refractivity contribution in [3.8, 4) is 0 Å². The number of fused-ring (bicyclic) bond motifs is 1. The maximum Gasteiger partial charge on any atom is 0.251 e. The predicted octanol–water partition coefficient (Wildman–Crippen LogP) is 2.14. The van der Waals surface area contributed by atoms with E-state index in [0.29, 0.717) is 18.0 Å². The fourth-order valence-electron chi connectivity index (χ4n) is 2.93.